The summed E-state index contributed by atoms with van der Waals surface area (Å²) in [5.74, 6) is -3.50. The van der Waals surface area contributed by atoms with Gasteiger partial charge in [0.2, 0.25) is 17.3 Å². The molecule has 6 amide bonds. The molecule has 6 N–H and O–H groups in total. The average molecular weight is 1060 g/mol. The summed E-state index contributed by atoms with van der Waals surface area (Å²) in [6.45, 7) is 9.74. The van der Waals surface area contributed by atoms with Gasteiger partial charge in [-0.05, 0) is 83.5 Å². The van der Waals surface area contributed by atoms with E-state index in [1.54, 1.807) is 114 Å². The summed E-state index contributed by atoms with van der Waals surface area (Å²) in [5.41, 5.74) is -0.570. The number of β-lactam (4-membered cyclic amide) rings is 3. The molecule has 6 aliphatic heterocycles. The van der Waals surface area contributed by atoms with Crippen LogP contribution in [0.5, 0.6) is 17.2 Å². The number of amides is 6. The molecule has 4 fully saturated rings. The van der Waals surface area contributed by atoms with Gasteiger partial charge in [0.25, 0.3) is 29.3 Å². The molecule has 24 heteroatoms. The van der Waals surface area contributed by atoms with E-state index in [4.69, 9.17) is 14.2 Å². The molecule has 0 aromatic heterocycles. The number of carboxylic acid groups (broad SMARTS) is 3. The highest BCUT2D eigenvalue weighted by molar-refractivity contribution is 8.02. The van der Waals surface area contributed by atoms with E-state index in [0.717, 1.165) is 0 Å². The van der Waals surface area contributed by atoms with Crippen LogP contribution >= 0.6 is 35.3 Å². The number of hydrogen-bond acceptors (Lipinski definition) is 15. The van der Waals surface area contributed by atoms with Gasteiger partial charge in [-0.1, -0.05) is 66.4 Å². The second-order valence-electron chi connectivity index (χ2n) is 18.3. The van der Waals surface area contributed by atoms with E-state index >= 15 is 0 Å². The second-order valence-corrected chi connectivity index (χ2v) is 22.9. The van der Waals surface area contributed by atoms with Crippen LogP contribution in [0.1, 0.15) is 41.5 Å². The van der Waals surface area contributed by atoms with E-state index in [1.807, 2.05) is 18.2 Å². The van der Waals surface area contributed by atoms with Gasteiger partial charge in [-0.2, -0.15) is 0 Å². The molecular weight excluding hydrogens is 1010 g/mol. The normalized spacial score (nSPS) is 25.5. The molecule has 3 aromatic carbocycles. The molecule has 386 valence electrons. The first kappa shape index (κ1) is 53.7. The predicted molar refractivity (Wildman–Crippen MR) is 267 cm³/mol. The Morgan fingerprint density at radius 2 is 1.07 bits per heavy atom. The summed E-state index contributed by atoms with van der Waals surface area (Å²) in [6, 6.07) is 24.5. The van der Waals surface area contributed by atoms with Gasteiger partial charge >= 0.3 is 23.8 Å². The third-order valence-corrected chi connectivity index (χ3v) is 17.3. The predicted octanol–water partition coefficient (Wildman–Crippen LogP) is 2.39. The number of thioether (sulfide) groups is 3. The molecule has 4 saturated heterocycles. The van der Waals surface area contributed by atoms with E-state index in [0.29, 0.717) is 28.6 Å². The Hall–Kier alpha value is -7.05. The lowest BCUT2D eigenvalue weighted by atomic mass is 9.82. The van der Waals surface area contributed by atoms with Crippen molar-refractivity contribution < 1.29 is 77.3 Å². The zero-order chi connectivity index (χ0) is 53.2. The number of carbonyl (C=O) groups excluding carboxylic acids is 6. The van der Waals surface area contributed by atoms with Crippen molar-refractivity contribution in [2.45, 2.75) is 90.8 Å². The molecule has 0 radical (unpaired) electrons. The van der Waals surface area contributed by atoms with Crippen molar-refractivity contribution >= 4 is 94.3 Å². The fraction of sp³-hybridized carbons (Fsp3) is 0.388. The molecule has 6 heterocycles. The lowest BCUT2D eigenvalue weighted by molar-refractivity contribution is -0.507. The lowest BCUT2D eigenvalue weighted by Crippen LogP contribution is -2.74. The minimum atomic E-state index is -1.30. The standard InChI is InChI=1S/C17H20N2O5S.2C16H16N2O5S/c1-16(2)17(3,15(22)23)19-13(21)12(14(19)25-16)18-11(20)9-24-10-7-5-4-6-8-10;1-16(2)12(15(21)22)18-13(20)11(14(18)24-16)17-10(19)8-23-9-6-4-3-5-7-9;1-9-8-24-15-12(14(20)18(15)13(9)16(21)22)17-11(19)7-23-10-5-3-2-4-6-10/h4-8,12,14H,9H2,1-3H3,(H,18,20)(H,22,23);3-7,11,14H,8H2,1-2H3,(H-,17,19,21,22);2-6,12,15H,7-8H2,1H3,(H,17,19)(H,21,22)/p+1/t12?,14?,17-;;/m0../s1. The van der Waals surface area contributed by atoms with Crippen molar-refractivity contribution in [3.8, 4) is 17.2 Å². The molecule has 6 aliphatic rings. The number of fused-ring (bicyclic) bond motifs is 3. The van der Waals surface area contributed by atoms with Gasteiger partial charge in [-0.3, -0.25) is 28.9 Å². The highest BCUT2D eigenvalue weighted by Crippen LogP contribution is 2.56. The largest absolute Gasteiger partial charge is 0.484 e. The van der Waals surface area contributed by atoms with Crippen LogP contribution in [0.15, 0.2) is 102 Å². The molecule has 0 spiro atoms. The number of aliphatic carboxylic acids is 3. The zero-order valence-corrected chi connectivity index (χ0v) is 42.7. The summed E-state index contributed by atoms with van der Waals surface area (Å²) in [6.07, 6.45) is 0. The monoisotopic (exact) mass is 1060 g/mol. The Bertz CT molecular complexity index is 2780. The number of ether oxygens (including phenoxy) is 3. The van der Waals surface area contributed by atoms with Crippen LogP contribution in [0.4, 0.5) is 0 Å². The first-order valence-electron chi connectivity index (χ1n) is 22.6. The maximum absolute atomic E-state index is 12.5. The van der Waals surface area contributed by atoms with Crippen LogP contribution in [0.2, 0.25) is 0 Å². The minimum absolute atomic E-state index is 0.0229. The van der Waals surface area contributed by atoms with Gasteiger partial charge < -0.3 is 50.4 Å². The maximum Gasteiger partial charge on any atom is 0.418 e. The van der Waals surface area contributed by atoms with E-state index in [1.165, 1.54) is 49.7 Å². The van der Waals surface area contributed by atoms with Gasteiger partial charge in [-0.15, -0.1) is 28.1 Å². The summed E-state index contributed by atoms with van der Waals surface area (Å²) in [4.78, 5) is 110. The number of nitrogens with one attached hydrogen (secondary N) is 3. The SMILES string of the molecule is CC1(C)SC2C(NC(=O)COc3ccccc3)C(=O)N2[C@@]1(C)C(=O)O.CC1(C)SC2C(NC(=O)COc3ccccc3)C(=O)[N+]2=C1C(=O)O.CC1=C(C(=O)O)N2C(=O)C(NC(=O)COc3ccccc3)C2SC1. The van der Waals surface area contributed by atoms with Crippen LogP contribution in [-0.2, 0) is 43.2 Å². The summed E-state index contributed by atoms with van der Waals surface area (Å²) in [5, 5.41) is 34.9. The van der Waals surface area contributed by atoms with Crippen LogP contribution in [-0.4, -0.2) is 164 Å². The number of carbonyl (C=O) groups is 9. The third-order valence-electron chi connectivity index (χ3n) is 12.7. The van der Waals surface area contributed by atoms with Crippen molar-refractivity contribution in [1.82, 2.24) is 25.8 Å². The van der Waals surface area contributed by atoms with Crippen molar-refractivity contribution in [3.63, 3.8) is 0 Å². The fourth-order valence-electron chi connectivity index (χ4n) is 8.64. The Morgan fingerprint density at radius 1 is 0.630 bits per heavy atom. The van der Waals surface area contributed by atoms with Gasteiger partial charge in [-0.25, -0.2) is 19.2 Å². The van der Waals surface area contributed by atoms with Crippen LogP contribution in [0.25, 0.3) is 0 Å². The number of rotatable bonds is 15. The van der Waals surface area contributed by atoms with Crippen molar-refractivity contribution in [2.24, 2.45) is 0 Å². The Kier molecular flexibility index (Phi) is 15.9. The van der Waals surface area contributed by atoms with Crippen molar-refractivity contribution in [2.75, 3.05) is 25.6 Å². The molecule has 6 unspecified atom stereocenters. The molecule has 7 atom stereocenters. The first-order valence-corrected chi connectivity index (χ1v) is 25.4. The number of carboxylic acids is 3. The van der Waals surface area contributed by atoms with E-state index < -0.39 is 80.6 Å². The highest BCUT2D eigenvalue weighted by Gasteiger charge is 2.71. The van der Waals surface area contributed by atoms with Crippen LogP contribution < -0.4 is 30.2 Å². The molecule has 9 rings (SSSR count). The van der Waals surface area contributed by atoms with Gasteiger partial charge in [0.05, 0.1) is 0 Å². The van der Waals surface area contributed by atoms with Gasteiger partial charge in [0.15, 0.2) is 25.4 Å². The second kappa shape index (κ2) is 21.6. The first-order chi connectivity index (χ1) is 34.5. The zero-order valence-electron chi connectivity index (χ0n) is 40.3. The summed E-state index contributed by atoms with van der Waals surface area (Å²) < 4.78 is 15.9. The molecule has 73 heavy (non-hydrogen) atoms. The van der Waals surface area contributed by atoms with Crippen molar-refractivity contribution in [1.29, 1.82) is 0 Å². The lowest BCUT2D eigenvalue weighted by Gasteiger charge is -2.49. The quantitative estimate of drug-likeness (QED) is 0.0941. The Balaban J connectivity index is 0.000000160. The summed E-state index contributed by atoms with van der Waals surface area (Å²) >= 11 is 4.18. The topological polar surface area (TPSA) is 288 Å². The molecule has 0 aliphatic carbocycles. The van der Waals surface area contributed by atoms with Crippen LogP contribution in [0.3, 0.4) is 0 Å². The smallest absolute Gasteiger partial charge is 0.418 e. The van der Waals surface area contributed by atoms with E-state index in [2.05, 4.69) is 16.0 Å². The van der Waals surface area contributed by atoms with Gasteiger partial charge in [0, 0.05) is 10.5 Å². The minimum Gasteiger partial charge on any atom is -0.484 e. The summed E-state index contributed by atoms with van der Waals surface area (Å²) in [7, 11) is 0. The number of hydrogen-bond donors (Lipinski definition) is 6. The Morgan fingerprint density at radius 3 is 1.49 bits per heavy atom. The third kappa shape index (κ3) is 10.9. The molecule has 3 aromatic rings. The fourth-order valence-corrected chi connectivity index (χ4v) is 13.2. The Labute approximate surface area is 431 Å². The number of nitrogens with zero attached hydrogens (tertiary/aromatic N) is 3. The van der Waals surface area contributed by atoms with E-state index in [9.17, 15) is 58.5 Å². The number of benzene rings is 3. The number of para-hydroxylation sites is 3. The van der Waals surface area contributed by atoms with Gasteiger partial charge in [0.1, 0.15) is 50.5 Å². The average Bonchev–Trinajstić information content (AvgIpc) is 3.74. The highest BCUT2D eigenvalue weighted by atomic mass is 32.2. The van der Waals surface area contributed by atoms with Crippen molar-refractivity contribution in [3.05, 3.63) is 102 Å². The molecular formula is C49H53N6O15S3+. The molecule has 0 bridgehead atoms. The van der Waals surface area contributed by atoms with Crippen LogP contribution in [0, 0.1) is 0 Å². The molecule has 21 nitrogen and oxygen atoms in total. The molecule has 0 saturated carbocycles. The van der Waals surface area contributed by atoms with E-state index in [-0.39, 0.29) is 53.3 Å². The maximum atomic E-state index is 12.5.